The van der Waals surface area contributed by atoms with Gasteiger partial charge in [-0.25, -0.2) is 0 Å². The third-order valence-corrected chi connectivity index (χ3v) is 4.80. The summed E-state index contributed by atoms with van der Waals surface area (Å²) in [5.41, 5.74) is 2.76. The van der Waals surface area contributed by atoms with E-state index in [2.05, 4.69) is 34.9 Å². The Kier molecular flexibility index (Phi) is 3.22. The Morgan fingerprint density at radius 1 is 1.50 bits per heavy atom. The average molecular weight is 261 g/mol. The van der Waals surface area contributed by atoms with Crippen molar-refractivity contribution >= 4 is 11.3 Å². The third-order valence-electron chi connectivity index (χ3n) is 3.81. The molecule has 2 aromatic rings. The first-order valence-corrected chi connectivity index (χ1v) is 7.44. The van der Waals surface area contributed by atoms with Crippen LogP contribution in [0.25, 0.3) is 0 Å². The van der Waals surface area contributed by atoms with Crippen molar-refractivity contribution in [3.63, 3.8) is 0 Å². The van der Waals surface area contributed by atoms with E-state index in [1.54, 1.807) is 4.88 Å². The number of fused-ring (bicyclic) bond motifs is 1. The number of hydrogen-bond donors (Lipinski definition) is 1. The van der Waals surface area contributed by atoms with Crippen LogP contribution < -0.4 is 5.32 Å². The second kappa shape index (κ2) is 4.86. The Morgan fingerprint density at radius 2 is 2.39 bits per heavy atom. The van der Waals surface area contributed by atoms with E-state index in [4.69, 9.17) is 0 Å². The van der Waals surface area contributed by atoms with Crippen molar-refractivity contribution in [1.29, 1.82) is 0 Å². The fraction of sp³-hybridized carbons (Fsp3) is 0.500. The number of nitrogens with one attached hydrogen (secondary N) is 1. The van der Waals surface area contributed by atoms with Gasteiger partial charge in [0.1, 0.15) is 0 Å². The highest BCUT2D eigenvalue weighted by Crippen LogP contribution is 2.34. The van der Waals surface area contributed by atoms with E-state index < -0.39 is 0 Å². The van der Waals surface area contributed by atoms with Crippen LogP contribution in [0.5, 0.6) is 0 Å². The topological polar surface area (TPSA) is 29.9 Å². The maximum atomic E-state index is 4.24. The molecule has 2 heterocycles. The normalized spacial score (nSPS) is 20.7. The van der Waals surface area contributed by atoms with E-state index in [0.29, 0.717) is 12.1 Å². The SMILES string of the molecule is CC(NC1CCCc2sccc21)c1ccnn1C. The highest BCUT2D eigenvalue weighted by molar-refractivity contribution is 7.10. The summed E-state index contributed by atoms with van der Waals surface area (Å²) in [7, 11) is 2.00. The lowest BCUT2D eigenvalue weighted by atomic mass is 9.93. The summed E-state index contributed by atoms with van der Waals surface area (Å²) in [5, 5.41) is 10.2. The average Bonchev–Trinajstić information content (AvgIpc) is 2.97. The lowest BCUT2D eigenvalue weighted by Gasteiger charge is -2.27. The molecule has 1 aliphatic carbocycles. The second-order valence-electron chi connectivity index (χ2n) is 5.01. The Morgan fingerprint density at radius 3 is 3.17 bits per heavy atom. The lowest BCUT2D eigenvalue weighted by molar-refractivity contribution is 0.406. The maximum absolute atomic E-state index is 4.24. The minimum absolute atomic E-state index is 0.341. The zero-order valence-corrected chi connectivity index (χ0v) is 11.7. The molecular formula is C14H19N3S. The predicted octanol–water partition coefficient (Wildman–Crippen LogP) is 3.21. The van der Waals surface area contributed by atoms with E-state index in [9.17, 15) is 0 Å². The van der Waals surface area contributed by atoms with Gasteiger partial charge in [-0.05, 0) is 49.3 Å². The second-order valence-corrected chi connectivity index (χ2v) is 6.01. The van der Waals surface area contributed by atoms with Crippen LogP contribution in [0.15, 0.2) is 23.7 Å². The molecule has 3 rings (SSSR count). The zero-order chi connectivity index (χ0) is 12.5. The summed E-state index contributed by atoms with van der Waals surface area (Å²) >= 11 is 1.90. The molecule has 0 spiro atoms. The van der Waals surface area contributed by atoms with Crippen LogP contribution in [0.3, 0.4) is 0 Å². The van der Waals surface area contributed by atoms with Crippen molar-refractivity contribution in [2.45, 2.75) is 38.3 Å². The van der Waals surface area contributed by atoms with Gasteiger partial charge in [-0.15, -0.1) is 11.3 Å². The Balaban J connectivity index is 1.77. The zero-order valence-electron chi connectivity index (χ0n) is 10.9. The smallest absolute Gasteiger partial charge is 0.0547 e. The molecule has 4 heteroatoms. The van der Waals surface area contributed by atoms with Crippen molar-refractivity contribution in [3.8, 4) is 0 Å². The minimum atomic E-state index is 0.341. The number of rotatable bonds is 3. The van der Waals surface area contributed by atoms with Crippen LogP contribution in [0.1, 0.15) is 48.0 Å². The molecule has 2 unspecified atom stereocenters. The number of nitrogens with zero attached hydrogens (tertiary/aromatic N) is 2. The van der Waals surface area contributed by atoms with Gasteiger partial charge in [-0.2, -0.15) is 5.10 Å². The molecule has 0 fully saturated rings. The summed E-state index contributed by atoms with van der Waals surface area (Å²) in [6, 6.07) is 5.22. The van der Waals surface area contributed by atoms with Crippen molar-refractivity contribution in [3.05, 3.63) is 39.8 Å². The van der Waals surface area contributed by atoms with Gasteiger partial charge in [0.15, 0.2) is 0 Å². The first kappa shape index (κ1) is 11.9. The van der Waals surface area contributed by atoms with Crippen molar-refractivity contribution < 1.29 is 0 Å². The molecule has 2 atom stereocenters. The first-order valence-electron chi connectivity index (χ1n) is 6.56. The molecule has 2 aromatic heterocycles. The molecule has 0 bridgehead atoms. The van der Waals surface area contributed by atoms with Gasteiger partial charge in [0.25, 0.3) is 0 Å². The summed E-state index contributed by atoms with van der Waals surface area (Å²) in [6.07, 6.45) is 5.66. The monoisotopic (exact) mass is 261 g/mol. The van der Waals surface area contributed by atoms with Crippen LogP contribution in [-0.2, 0) is 13.5 Å². The highest BCUT2D eigenvalue weighted by Gasteiger charge is 2.23. The molecule has 0 saturated carbocycles. The molecule has 0 amide bonds. The number of aryl methyl sites for hydroxylation is 2. The largest absolute Gasteiger partial charge is 0.302 e. The molecule has 1 N–H and O–H groups in total. The standard InChI is InChI=1S/C14H19N3S/c1-10(13-6-8-15-17(13)2)16-12-4-3-5-14-11(12)7-9-18-14/h6-10,12,16H,3-5H2,1-2H3. The van der Waals surface area contributed by atoms with Crippen molar-refractivity contribution in [2.75, 3.05) is 0 Å². The van der Waals surface area contributed by atoms with E-state index in [1.807, 2.05) is 29.3 Å². The molecule has 18 heavy (non-hydrogen) atoms. The number of hydrogen-bond acceptors (Lipinski definition) is 3. The summed E-state index contributed by atoms with van der Waals surface area (Å²) in [4.78, 5) is 1.57. The summed E-state index contributed by atoms with van der Waals surface area (Å²) < 4.78 is 1.95. The Bertz CT molecular complexity index is 529. The quantitative estimate of drug-likeness (QED) is 0.919. The van der Waals surface area contributed by atoms with Gasteiger partial charge in [0.2, 0.25) is 0 Å². The van der Waals surface area contributed by atoms with E-state index in [1.165, 1.54) is 30.5 Å². The predicted molar refractivity (Wildman–Crippen MR) is 74.8 cm³/mol. The fourth-order valence-electron chi connectivity index (χ4n) is 2.86. The van der Waals surface area contributed by atoms with Crippen LogP contribution in [0.4, 0.5) is 0 Å². The van der Waals surface area contributed by atoms with Gasteiger partial charge < -0.3 is 5.32 Å². The fourth-order valence-corrected chi connectivity index (χ4v) is 3.84. The van der Waals surface area contributed by atoms with Crippen molar-refractivity contribution in [1.82, 2.24) is 15.1 Å². The highest BCUT2D eigenvalue weighted by atomic mass is 32.1. The van der Waals surface area contributed by atoms with E-state index in [0.717, 1.165) is 0 Å². The molecule has 3 nitrogen and oxygen atoms in total. The van der Waals surface area contributed by atoms with Crippen LogP contribution in [-0.4, -0.2) is 9.78 Å². The maximum Gasteiger partial charge on any atom is 0.0547 e. The minimum Gasteiger partial charge on any atom is -0.302 e. The van der Waals surface area contributed by atoms with Gasteiger partial charge in [-0.3, -0.25) is 4.68 Å². The van der Waals surface area contributed by atoms with Gasteiger partial charge in [-0.1, -0.05) is 0 Å². The van der Waals surface area contributed by atoms with Crippen LogP contribution in [0.2, 0.25) is 0 Å². The Labute approximate surface area is 112 Å². The van der Waals surface area contributed by atoms with Crippen molar-refractivity contribution in [2.24, 2.45) is 7.05 Å². The molecule has 0 aliphatic heterocycles. The molecule has 0 aromatic carbocycles. The van der Waals surface area contributed by atoms with Gasteiger partial charge in [0.05, 0.1) is 5.69 Å². The molecular weight excluding hydrogens is 242 g/mol. The van der Waals surface area contributed by atoms with Gasteiger partial charge >= 0.3 is 0 Å². The van der Waals surface area contributed by atoms with E-state index in [-0.39, 0.29) is 0 Å². The summed E-state index contributed by atoms with van der Waals surface area (Å²) in [5.74, 6) is 0. The summed E-state index contributed by atoms with van der Waals surface area (Å²) in [6.45, 7) is 2.22. The molecule has 96 valence electrons. The Hall–Kier alpha value is -1.13. The third kappa shape index (κ3) is 2.10. The first-order chi connectivity index (χ1) is 8.75. The van der Waals surface area contributed by atoms with E-state index >= 15 is 0 Å². The number of thiophene rings is 1. The lowest BCUT2D eigenvalue weighted by Crippen LogP contribution is -2.28. The molecule has 1 aliphatic rings. The van der Waals surface area contributed by atoms with Crippen LogP contribution in [0, 0.1) is 0 Å². The van der Waals surface area contributed by atoms with Crippen LogP contribution >= 0.6 is 11.3 Å². The molecule has 0 saturated heterocycles. The van der Waals surface area contributed by atoms with Gasteiger partial charge in [0, 0.05) is 30.2 Å². The molecule has 0 radical (unpaired) electrons. The number of aromatic nitrogens is 2.